The van der Waals surface area contributed by atoms with Crippen LogP contribution < -0.4 is 5.32 Å². The number of aromatic nitrogens is 2. The van der Waals surface area contributed by atoms with E-state index in [4.69, 9.17) is 4.74 Å². The lowest BCUT2D eigenvalue weighted by molar-refractivity contribution is -0.158. The van der Waals surface area contributed by atoms with Crippen LogP contribution in [0.4, 0.5) is 0 Å². The number of unbranched alkanes of at least 4 members (excludes halogenated alkanes) is 1. The normalized spacial score (nSPS) is 14.5. The number of nitrogens with zero attached hydrogens (tertiary/aromatic N) is 2. The molecule has 2 atom stereocenters. The highest BCUT2D eigenvalue weighted by Crippen LogP contribution is 2.15. The largest absolute Gasteiger partial charge is 0.459 e. The second-order valence-electron chi connectivity index (χ2n) is 6.25. The summed E-state index contributed by atoms with van der Waals surface area (Å²) in [4.78, 5) is 20.6. The predicted molar refractivity (Wildman–Crippen MR) is 82.7 cm³/mol. The van der Waals surface area contributed by atoms with Crippen molar-refractivity contribution in [3.8, 4) is 0 Å². The molecule has 1 heterocycles. The van der Waals surface area contributed by atoms with Crippen LogP contribution in [-0.2, 0) is 9.53 Å². The first-order chi connectivity index (χ1) is 9.83. The van der Waals surface area contributed by atoms with Gasteiger partial charge in [-0.15, -0.1) is 0 Å². The van der Waals surface area contributed by atoms with Gasteiger partial charge < -0.3 is 4.74 Å². The number of ether oxygens (including phenoxy) is 1. The fourth-order valence-electron chi connectivity index (χ4n) is 1.97. The van der Waals surface area contributed by atoms with Crippen molar-refractivity contribution < 1.29 is 9.53 Å². The maximum absolute atomic E-state index is 12.3. The number of hydrogen-bond acceptors (Lipinski definition) is 5. The van der Waals surface area contributed by atoms with Gasteiger partial charge in [-0.2, -0.15) is 0 Å². The van der Waals surface area contributed by atoms with E-state index in [-0.39, 0.29) is 18.1 Å². The fourth-order valence-corrected chi connectivity index (χ4v) is 1.97. The van der Waals surface area contributed by atoms with Gasteiger partial charge >= 0.3 is 5.97 Å². The lowest BCUT2D eigenvalue weighted by Gasteiger charge is -2.26. The molecule has 1 aromatic heterocycles. The van der Waals surface area contributed by atoms with Gasteiger partial charge in [0.25, 0.3) is 0 Å². The Balaban J connectivity index is 2.71. The number of carbonyl (C=O) groups excluding carboxylic acids is 1. The number of nitrogens with one attached hydrogen (secondary N) is 1. The average molecular weight is 293 g/mol. The maximum Gasteiger partial charge on any atom is 0.323 e. The van der Waals surface area contributed by atoms with Crippen LogP contribution in [0.25, 0.3) is 0 Å². The third kappa shape index (κ3) is 6.67. The van der Waals surface area contributed by atoms with Gasteiger partial charge in [0, 0.05) is 24.6 Å². The number of carbonyl (C=O) groups is 1. The third-order valence-electron chi connectivity index (χ3n) is 3.02. The van der Waals surface area contributed by atoms with Crippen LogP contribution in [0, 0.1) is 0 Å². The van der Waals surface area contributed by atoms with Gasteiger partial charge in [0.2, 0.25) is 0 Å². The van der Waals surface area contributed by atoms with Gasteiger partial charge in [-0.25, -0.2) is 0 Å². The Labute approximate surface area is 127 Å². The van der Waals surface area contributed by atoms with E-state index >= 15 is 0 Å². The molecule has 0 aliphatic rings. The number of rotatable bonds is 7. The monoisotopic (exact) mass is 293 g/mol. The van der Waals surface area contributed by atoms with Crippen molar-refractivity contribution in [3.05, 3.63) is 24.3 Å². The van der Waals surface area contributed by atoms with Crippen molar-refractivity contribution in [2.75, 3.05) is 0 Å². The molecule has 1 aromatic rings. The van der Waals surface area contributed by atoms with Crippen molar-refractivity contribution in [2.24, 2.45) is 0 Å². The standard InChI is InChI=1S/C16H27N3O2/c1-6-7-8-13(15(20)21-16(3,4)5)19-12(2)14-11-17-9-10-18-14/h9-13,19H,6-8H2,1-5H3. The second kappa shape index (κ2) is 8.08. The Bertz CT molecular complexity index is 429. The Morgan fingerprint density at radius 1 is 1.38 bits per heavy atom. The summed E-state index contributed by atoms with van der Waals surface area (Å²) in [7, 11) is 0. The minimum atomic E-state index is -0.473. The molecule has 2 unspecified atom stereocenters. The third-order valence-corrected chi connectivity index (χ3v) is 3.02. The molecule has 1 rings (SSSR count). The molecule has 0 radical (unpaired) electrons. The zero-order valence-electron chi connectivity index (χ0n) is 13.7. The first-order valence-corrected chi connectivity index (χ1v) is 7.58. The highest BCUT2D eigenvalue weighted by molar-refractivity contribution is 5.76. The summed E-state index contributed by atoms with van der Waals surface area (Å²) < 4.78 is 5.50. The molecule has 21 heavy (non-hydrogen) atoms. The van der Waals surface area contributed by atoms with Gasteiger partial charge in [0.15, 0.2) is 0 Å². The van der Waals surface area contributed by atoms with E-state index in [1.54, 1.807) is 18.6 Å². The topological polar surface area (TPSA) is 64.1 Å². The summed E-state index contributed by atoms with van der Waals surface area (Å²) in [6, 6.07) is -0.366. The summed E-state index contributed by atoms with van der Waals surface area (Å²) in [5.74, 6) is -0.202. The Hall–Kier alpha value is -1.49. The highest BCUT2D eigenvalue weighted by Gasteiger charge is 2.26. The first-order valence-electron chi connectivity index (χ1n) is 7.58. The molecule has 0 aliphatic carbocycles. The van der Waals surface area contributed by atoms with Crippen LogP contribution in [0.2, 0.25) is 0 Å². The van der Waals surface area contributed by atoms with E-state index in [1.807, 2.05) is 27.7 Å². The second-order valence-corrected chi connectivity index (χ2v) is 6.25. The van der Waals surface area contributed by atoms with E-state index in [0.29, 0.717) is 0 Å². The molecule has 5 heteroatoms. The minimum absolute atomic E-state index is 0.0481. The zero-order chi connectivity index (χ0) is 15.9. The minimum Gasteiger partial charge on any atom is -0.459 e. The van der Waals surface area contributed by atoms with Crippen molar-refractivity contribution in [2.45, 2.75) is 71.6 Å². The molecule has 0 fully saturated rings. The van der Waals surface area contributed by atoms with E-state index in [9.17, 15) is 4.79 Å². The SMILES string of the molecule is CCCCC(NC(C)c1cnccn1)C(=O)OC(C)(C)C. The Kier molecular flexibility index (Phi) is 6.75. The first kappa shape index (κ1) is 17.6. The highest BCUT2D eigenvalue weighted by atomic mass is 16.6. The maximum atomic E-state index is 12.3. The molecule has 0 saturated carbocycles. The van der Waals surface area contributed by atoms with Crippen LogP contribution in [0.3, 0.4) is 0 Å². The summed E-state index contributed by atoms with van der Waals surface area (Å²) in [5, 5.41) is 3.31. The molecule has 1 N–H and O–H groups in total. The van der Waals surface area contributed by atoms with E-state index < -0.39 is 5.60 Å². The van der Waals surface area contributed by atoms with Crippen molar-refractivity contribution in [3.63, 3.8) is 0 Å². The molecule has 5 nitrogen and oxygen atoms in total. The predicted octanol–water partition coefficient (Wildman–Crippen LogP) is 3.03. The van der Waals surface area contributed by atoms with Gasteiger partial charge in [0.05, 0.1) is 5.69 Å². The Morgan fingerprint density at radius 3 is 2.62 bits per heavy atom. The van der Waals surface area contributed by atoms with Crippen LogP contribution in [-0.4, -0.2) is 27.6 Å². The molecule has 0 aromatic carbocycles. The zero-order valence-corrected chi connectivity index (χ0v) is 13.7. The lowest BCUT2D eigenvalue weighted by atomic mass is 10.1. The smallest absolute Gasteiger partial charge is 0.323 e. The summed E-state index contributed by atoms with van der Waals surface area (Å²) in [6.45, 7) is 9.74. The van der Waals surface area contributed by atoms with Gasteiger partial charge in [-0.05, 0) is 34.1 Å². The van der Waals surface area contributed by atoms with Crippen molar-refractivity contribution in [1.29, 1.82) is 0 Å². The molecule has 0 spiro atoms. The van der Waals surface area contributed by atoms with Crippen LogP contribution >= 0.6 is 0 Å². The molecular formula is C16H27N3O2. The number of hydrogen-bond donors (Lipinski definition) is 1. The van der Waals surface area contributed by atoms with Crippen LogP contribution in [0.15, 0.2) is 18.6 Å². The van der Waals surface area contributed by atoms with Crippen LogP contribution in [0.5, 0.6) is 0 Å². The molecule has 0 bridgehead atoms. The fraction of sp³-hybridized carbons (Fsp3) is 0.688. The lowest BCUT2D eigenvalue weighted by Crippen LogP contribution is -2.42. The average Bonchev–Trinajstić information content (AvgIpc) is 2.42. The van der Waals surface area contributed by atoms with Gasteiger partial charge in [-0.3, -0.25) is 20.1 Å². The van der Waals surface area contributed by atoms with E-state index in [0.717, 1.165) is 25.0 Å². The van der Waals surface area contributed by atoms with E-state index in [1.165, 1.54) is 0 Å². The quantitative estimate of drug-likeness (QED) is 0.783. The summed E-state index contributed by atoms with van der Waals surface area (Å²) in [6.07, 6.45) is 7.78. The van der Waals surface area contributed by atoms with Crippen LogP contribution in [0.1, 0.15) is 65.6 Å². The molecular weight excluding hydrogens is 266 g/mol. The Morgan fingerprint density at radius 2 is 2.10 bits per heavy atom. The summed E-state index contributed by atoms with van der Waals surface area (Å²) >= 11 is 0. The number of esters is 1. The molecule has 0 saturated heterocycles. The van der Waals surface area contributed by atoms with Gasteiger partial charge in [-0.1, -0.05) is 19.8 Å². The van der Waals surface area contributed by atoms with E-state index in [2.05, 4.69) is 22.2 Å². The van der Waals surface area contributed by atoms with Gasteiger partial charge in [0.1, 0.15) is 11.6 Å². The van der Waals surface area contributed by atoms with Crippen molar-refractivity contribution >= 4 is 5.97 Å². The molecule has 118 valence electrons. The molecule has 0 aliphatic heterocycles. The summed E-state index contributed by atoms with van der Waals surface area (Å²) in [5.41, 5.74) is 0.349. The molecule has 0 amide bonds. The van der Waals surface area contributed by atoms with Crippen molar-refractivity contribution in [1.82, 2.24) is 15.3 Å².